The van der Waals surface area contributed by atoms with Crippen LogP contribution in [0, 0.1) is 0 Å². The lowest BCUT2D eigenvalue weighted by molar-refractivity contribution is 0.279. The van der Waals surface area contributed by atoms with Crippen molar-refractivity contribution in [3.05, 3.63) is 71.9 Å². The minimum Gasteiger partial charge on any atom is -0.392 e. The highest BCUT2D eigenvalue weighted by molar-refractivity contribution is 6.00. The Labute approximate surface area is 142 Å². The molecule has 0 saturated carbocycles. The van der Waals surface area contributed by atoms with E-state index in [2.05, 4.69) is 36.0 Å². The fraction of sp³-hybridized carbons (Fsp3) is 0.238. The van der Waals surface area contributed by atoms with E-state index >= 15 is 0 Å². The van der Waals surface area contributed by atoms with Gasteiger partial charge >= 0.3 is 0 Å². The standard InChI is InChI=1S/C12H15NO.C9H7N/c1-8-12(2,3)11-9(7-14)5-4-6-10(11)13-8;1-2-6-9-8(4-1)5-3-7-10-9/h4-6,14H,7H2,1-3H3;1-7H. The zero-order valence-electron chi connectivity index (χ0n) is 14.3. The van der Waals surface area contributed by atoms with Crippen LogP contribution in [0.15, 0.2) is 65.8 Å². The molecule has 0 spiro atoms. The number of para-hydroxylation sites is 1. The average Bonchev–Trinajstić information content (AvgIpc) is 2.85. The predicted molar refractivity (Wildman–Crippen MR) is 99.9 cm³/mol. The molecular weight excluding hydrogens is 296 g/mol. The molecule has 4 rings (SSSR count). The maximum absolute atomic E-state index is 9.27. The van der Waals surface area contributed by atoms with Crippen molar-refractivity contribution in [3.8, 4) is 0 Å². The quantitative estimate of drug-likeness (QED) is 0.700. The summed E-state index contributed by atoms with van der Waals surface area (Å²) in [4.78, 5) is 8.70. The van der Waals surface area contributed by atoms with Gasteiger partial charge in [-0.3, -0.25) is 9.98 Å². The molecule has 122 valence electrons. The van der Waals surface area contributed by atoms with E-state index < -0.39 is 0 Å². The molecule has 0 saturated heterocycles. The van der Waals surface area contributed by atoms with Crippen LogP contribution in [0.1, 0.15) is 31.9 Å². The number of nitrogens with zero attached hydrogens (tertiary/aromatic N) is 2. The minimum atomic E-state index is -0.0331. The second kappa shape index (κ2) is 6.54. The van der Waals surface area contributed by atoms with Crippen LogP contribution in [0.5, 0.6) is 0 Å². The van der Waals surface area contributed by atoms with E-state index in [9.17, 15) is 5.11 Å². The minimum absolute atomic E-state index is 0.0331. The lowest BCUT2D eigenvalue weighted by Gasteiger charge is -2.22. The molecule has 0 fully saturated rings. The Kier molecular flexibility index (Phi) is 4.45. The molecule has 0 unspecified atom stereocenters. The van der Waals surface area contributed by atoms with Gasteiger partial charge in [0.25, 0.3) is 0 Å². The molecule has 1 N–H and O–H groups in total. The summed E-state index contributed by atoms with van der Waals surface area (Å²) in [6.07, 6.45) is 1.81. The molecule has 0 bridgehead atoms. The van der Waals surface area contributed by atoms with Gasteiger partial charge in [-0.05, 0) is 36.2 Å². The molecule has 3 heteroatoms. The van der Waals surface area contributed by atoms with Gasteiger partial charge in [-0.15, -0.1) is 0 Å². The molecule has 2 aromatic carbocycles. The SMILES string of the molecule is CC1=Nc2cccc(CO)c2C1(C)C.c1ccc2ncccc2c1. The number of fused-ring (bicyclic) bond motifs is 2. The fourth-order valence-electron chi connectivity index (χ4n) is 3.05. The fourth-order valence-corrected chi connectivity index (χ4v) is 3.05. The second-order valence-corrected chi connectivity index (χ2v) is 6.49. The third kappa shape index (κ3) is 2.95. The van der Waals surface area contributed by atoms with E-state index in [4.69, 9.17) is 0 Å². The monoisotopic (exact) mass is 318 g/mol. The molecule has 24 heavy (non-hydrogen) atoms. The topological polar surface area (TPSA) is 45.5 Å². The molecule has 2 heterocycles. The van der Waals surface area contributed by atoms with E-state index in [0.717, 1.165) is 22.5 Å². The Balaban J connectivity index is 0.000000149. The number of hydrogen-bond donors (Lipinski definition) is 1. The number of aromatic nitrogens is 1. The smallest absolute Gasteiger partial charge is 0.0701 e. The van der Waals surface area contributed by atoms with Crippen LogP contribution in [-0.2, 0) is 12.0 Å². The molecular formula is C21H22N2O. The van der Waals surface area contributed by atoms with Crippen molar-refractivity contribution >= 4 is 22.3 Å². The molecule has 0 aliphatic carbocycles. The van der Waals surface area contributed by atoms with Crippen molar-refractivity contribution in [2.24, 2.45) is 4.99 Å². The first-order valence-corrected chi connectivity index (χ1v) is 8.13. The molecule has 0 amide bonds. The highest BCUT2D eigenvalue weighted by Crippen LogP contribution is 2.41. The Morgan fingerprint density at radius 2 is 1.71 bits per heavy atom. The Hall–Kier alpha value is -2.52. The lowest BCUT2D eigenvalue weighted by atomic mass is 9.80. The molecule has 1 aromatic heterocycles. The normalized spacial score (nSPS) is 14.6. The van der Waals surface area contributed by atoms with Crippen molar-refractivity contribution in [1.82, 2.24) is 4.98 Å². The van der Waals surface area contributed by atoms with Crippen LogP contribution in [0.25, 0.3) is 10.9 Å². The summed E-state index contributed by atoms with van der Waals surface area (Å²) >= 11 is 0. The maximum Gasteiger partial charge on any atom is 0.0701 e. The summed E-state index contributed by atoms with van der Waals surface area (Å²) in [6, 6.07) is 18.0. The number of rotatable bonds is 1. The van der Waals surface area contributed by atoms with Crippen LogP contribution in [0.3, 0.4) is 0 Å². The summed E-state index contributed by atoms with van der Waals surface area (Å²) < 4.78 is 0. The first-order chi connectivity index (χ1) is 11.5. The van der Waals surface area contributed by atoms with Crippen molar-refractivity contribution in [3.63, 3.8) is 0 Å². The molecule has 1 aliphatic rings. The molecule has 0 radical (unpaired) electrons. The van der Waals surface area contributed by atoms with Crippen molar-refractivity contribution in [2.75, 3.05) is 0 Å². The van der Waals surface area contributed by atoms with Gasteiger partial charge in [0.1, 0.15) is 0 Å². The zero-order valence-corrected chi connectivity index (χ0v) is 14.3. The number of aliphatic hydroxyl groups is 1. The van der Waals surface area contributed by atoms with Gasteiger partial charge in [0.2, 0.25) is 0 Å². The second-order valence-electron chi connectivity index (χ2n) is 6.49. The number of aliphatic hydroxyl groups excluding tert-OH is 1. The van der Waals surface area contributed by atoms with E-state index in [1.54, 1.807) is 0 Å². The predicted octanol–water partition coefficient (Wildman–Crippen LogP) is 4.80. The van der Waals surface area contributed by atoms with E-state index in [1.165, 1.54) is 10.9 Å². The first-order valence-electron chi connectivity index (χ1n) is 8.13. The molecule has 0 atom stereocenters. The summed E-state index contributed by atoms with van der Waals surface area (Å²) in [5.74, 6) is 0. The third-order valence-electron chi connectivity index (χ3n) is 4.63. The number of hydrogen-bond acceptors (Lipinski definition) is 3. The van der Waals surface area contributed by atoms with Crippen LogP contribution in [0.2, 0.25) is 0 Å². The Bertz CT molecular complexity index is 832. The molecule has 3 nitrogen and oxygen atoms in total. The van der Waals surface area contributed by atoms with Crippen molar-refractivity contribution in [1.29, 1.82) is 0 Å². The maximum atomic E-state index is 9.27. The summed E-state index contributed by atoms with van der Waals surface area (Å²) in [6.45, 7) is 6.43. The Morgan fingerprint density at radius 1 is 0.958 bits per heavy atom. The summed E-state index contributed by atoms with van der Waals surface area (Å²) in [5, 5.41) is 10.5. The lowest BCUT2D eigenvalue weighted by Crippen LogP contribution is -2.24. The van der Waals surface area contributed by atoms with Crippen molar-refractivity contribution in [2.45, 2.75) is 32.8 Å². The van der Waals surface area contributed by atoms with E-state index in [-0.39, 0.29) is 12.0 Å². The van der Waals surface area contributed by atoms with Gasteiger partial charge in [0.05, 0.1) is 17.8 Å². The van der Waals surface area contributed by atoms with Gasteiger partial charge < -0.3 is 5.11 Å². The van der Waals surface area contributed by atoms with Crippen LogP contribution in [-0.4, -0.2) is 15.8 Å². The van der Waals surface area contributed by atoms with E-state index in [1.807, 2.05) is 55.6 Å². The third-order valence-corrected chi connectivity index (χ3v) is 4.63. The number of benzene rings is 2. The summed E-state index contributed by atoms with van der Waals surface area (Å²) in [7, 11) is 0. The first kappa shape index (κ1) is 16.3. The highest BCUT2D eigenvalue weighted by atomic mass is 16.3. The number of aliphatic imine (C=N–C) groups is 1. The van der Waals surface area contributed by atoms with Crippen molar-refractivity contribution < 1.29 is 5.11 Å². The zero-order chi connectivity index (χ0) is 17.2. The summed E-state index contributed by atoms with van der Waals surface area (Å²) in [5.41, 5.74) is 5.33. The Morgan fingerprint density at radius 3 is 2.46 bits per heavy atom. The average molecular weight is 318 g/mol. The van der Waals surface area contributed by atoms with Gasteiger partial charge in [0, 0.05) is 22.7 Å². The largest absolute Gasteiger partial charge is 0.392 e. The van der Waals surface area contributed by atoms with Crippen LogP contribution >= 0.6 is 0 Å². The highest BCUT2D eigenvalue weighted by Gasteiger charge is 2.33. The van der Waals surface area contributed by atoms with Gasteiger partial charge in [0.15, 0.2) is 0 Å². The number of pyridine rings is 1. The van der Waals surface area contributed by atoms with Crippen LogP contribution < -0.4 is 0 Å². The van der Waals surface area contributed by atoms with Crippen LogP contribution in [0.4, 0.5) is 5.69 Å². The van der Waals surface area contributed by atoms with Gasteiger partial charge in [-0.1, -0.05) is 50.2 Å². The molecule has 1 aliphatic heterocycles. The van der Waals surface area contributed by atoms with Gasteiger partial charge in [-0.2, -0.15) is 0 Å². The van der Waals surface area contributed by atoms with Gasteiger partial charge in [-0.25, -0.2) is 0 Å². The molecule has 3 aromatic rings. The van der Waals surface area contributed by atoms with E-state index in [0.29, 0.717) is 0 Å².